The monoisotopic (exact) mass is 240 g/mol. The van der Waals surface area contributed by atoms with Crippen molar-refractivity contribution in [1.29, 1.82) is 0 Å². The molecule has 1 atom stereocenters. The Morgan fingerprint density at radius 3 is 2.94 bits per heavy atom. The van der Waals surface area contributed by atoms with Gasteiger partial charge in [-0.2, -0.15) is 0 Å². The number of imidazole rings is 1. The fraction of sp³-hybridized carbons (Fsp3) is 0.200. The molecule has 0 bridgehead atoms. The van der Waals surface area contributed by atoms with Crippen molar-refractivity contribution in [2.45, 2.75) is 12.0 Å². The van der Waals surface area contributed by atoms with Gasteiger partial charge in [0.2, 0.25) is 0 Å². The Morgan fingerprint density at radius 2 is 2.31 bits per heavy atom. The van der Waals surface area contributed by atoms with Crippen LogP contribution in [0.2, 0.25) is 0 Å². The van der Waals surface area contributed by atoms with Gasteiger partial charge in [0.15, 0.2) is 6.10 Å². The number of H-pyrrole nitrogens is 1. The molecule has 16 heavy (non-hydrogen) atoms. The molecule has 0 aliphatic carbocycles. The molecule has 0 amide bonds. The summed E-state index contributed by atoms with van der Waals surface area (Å²) in [6.45, 7) is 0. The first-order valence-electron chi connectivity index (χ1n) is 4.56. The zero-order chi connectivity index (χ0) is 11.7. The summed E-state index contributed by atoms with van der Waals surface area (Å²) in [6, 6.07) is 3.22. The first-order chi connectivity index (χ1) is 7.63. The fourth-order valence-corrected chi connectivity index (χ4v) is 1.78. The van der Waals surface area contributed by atoms with Crippen LogP contribution in [-0.2, 0) is 10.7 Å². The van der Waals surface area contributed by atoms with E-state index in [9.17, 15) is 9.90 Å². The third kappa shape index (κ3) is 1.75. The van der Waals surface area contributed by atoms with E-state index in [2.05, 4.69) is 9.97 Å². The molecular formula is C10H9ClN2O3. The van der Waals surface area contributed by atoms with E-state index in [0.29, 0.717) is 11.1 Å². The number of halogens is 1. The molecule has 1 aromatic heterocycles. The normalized spacial score (nSPS) is 12.9. The summed E-state index contributed by atoms with van der Waals surface area (Å²) in [4.78, 5) is 17.6. The Bertz CT molecular complexity index is 538. The van der Waals surface area contributed by atoms with E-state index in [1.54, 1.807) is 6.07 Å². The lowest BCUT2D eigenvalue weighted by atomic mass is 10.0. The standard InChI is InChI=1S/C10H9ClN2O3/c11-3-5-1-7-8(13-4-12-7)2-6(5)9(14)10(15)16/h1-2,4,9,14H,3H2,(H,12,13)(H,15,16). The lowest BCUT2D eigenvalue weighted by Gasteiger charge is -2.10. The van der Waals surface area contributed by atoms with Crippen molar-refractivity contribution in [3.8, 4) is 0 Å². The maximum absolute atomic E-state index is 10.7. The van der Waals surface area contributed by atoms with E-state index in [0.717, 1.165) is 5.52 Å². The molecule has 0 aliphatic rings. The van der Waals surface area contributed by atoms with Crippen molar-refractivity contribution < 1.29 is 15.0 Å². The highest BCUT2D eigenvalue weighted by Gasteiger charge is 2.20. The second-order valence-corrected chi connectivity index (χ2v) is 3.61. The van der Waals surface area contributed by atoms with E-state index >= 15 is 0 Å². The number of carboxylic acids is 1. The van der Waals surface area contributed by atoms with E-state index in [1.165, 1.54) is 12.4 Å². The largest absolute Gasteiger partial charge is 0.479 e. The minimum absolute atomic E-state index is 0.134. The second-order valence-electron chi connectivity index (χ2n) is 3.35. The van der Waals surface area contributed by atoms with Crippen LogP contribution in [0.4, 0.5) is 0 Å². The molecule has 1 heterocycles. The molecule has 2 rings (SSSR count). The van der Waals surface area contributed by atoms with E-state index in [-0.39, 0.29) is 11.4 Å². The van der Waals surface area contributed by atoms with Gasteiger partial charge in [0.1, 0.15) is 0 Å². The molecule has 1 unspecified atom stereocenters. The Kier molecular flexibility index (Phi) is 2.80. The van der Waals surface area contributed by atoms with Gasteiger partial charge in [-0.1, -0.05) is 0 Å². The number of carboxylic acid groups (broad SMARTS) is 1. The highest BCUT2D eigenvalue weighted by Crippen LogP contribution is 2.24. The van der Waals surface area contributed by atoms with Crippen LogP contribution in [0.5, 0.6) is 0 Å². The van der Waals surface area contributed by atoms with Crippen molar-refractivity contribution >= 4 is 28.6 Å². The van der Waals surface area contributed by atoms with Crippen molar-refractivity contribution in [1.82, 2.24) is 9.97 Å². The smallest absolute Gasteiger partial charge is 0.337 e. The summed E-state index contributed by atoms with van der Waals surface area (Å²) in [5, 5.41) is 18.3. The first kappa shape index (κ1) is 10.9. The van der Waals surface area contributed by atoms with Gasteiger partial charge in [-0.05, 0) is 23.3 Å². The number of aliphatic carboxylic acids is 1. The van der Waals surface area contributed by atoms with Crippen LogP contribution in [-0.4, -0.2) is 26.2 Å². The number of hydrogen-bond donors (Lipinski definition) is 3. The third-order valence-electron chi connectivity index (χ3n) is 2.35. The molecule has 3 N–H and O–H groups in total. The Hall–Kier alpha value is -1.59. The average Bonchev–Trinajstić information content (AvgIpc) is 2.72. The summed E-state index contributed by atoms with van der Waals surface area (Å²) in [5.41, 5.74) is 2.22. The van der Waals surface area contributed by atoms with Crippen LogP contribution in [0.25, 0.3) is 11.0 Å². The average molecular weight is 241 g/mol. The molecule has 0 saturated heterocycles. The predicted octanol–water partition coefficient (Wildman–Crippen LogP) is 1.42. The number of aliphatic hydroxyl groups excluding tert-OH is 1. The molecule has 0 fully saturated rings. The van der Waals surface area contributed by atoms with Gasteiger partial charge >= 0.3 is 5.97 Å². The Labute approximate surface area is 95.7 Å². The van der Waals surface area contributed by atoms with Crippen molar-refractivity contribution in [3.05, 3.63) is 29.6 Å². The minimum Gasteiger partial charge on any atom is -0.479 e. The number of hydrogen-bond acceptors (Lipinski definition) is 3. The molecule has 1 aromatic carbocycles. The van der Waals surface area contributed by atoms with Gasteiger partial charge in [-0.3, -0.25) is 0 Å². The lowest BCUT2D eigenvalue weighted by molar-refractivity contribution is -0.147. The molecule has 2 aromatic rings. The number of fused-ring (bicyclic) bond motifs is 1. The molecule has 0 spiro atoms. The van der Waals surface area contributed by atoms with Gasteiger partial charge in [0.25, 0.3) is 0 Å². The third-order valence-corrected chi connectivity index (χ3v) is 2.64. The molecular weight excluding hydrogens is 232 g/mol. The summed E-state index contributed by atoms with van der Waals surface area (Å²) in [7, 11) is 0. The zero-order valence-electron chi connectivity index (χ0n) is 8.14. The molecule has 5 nitrogen and oxygen atoms in total. The molecule has 6 heteroatoms. The van der Waals surface area contributed by atoms with Crippen molar-refractivity contribution in [3.63, 3.8) is 0 Å². The number of alkyl halides is 1. The van der Waals surface area contributed by atoms with Crippen LogP contribution in [0.1, 0.15) is 17.2 Å². The maximum atomic E-state index is 10.7. The highest BCUT2D eigenvalue weighted by atomic mass is 35.5. The topological polar surface area (TPSA) is 86.2 Å². The van der Waals surface area contributed by atoms with E-state index < -0.39 is 12.1 Å². The zero-order valence-corrected chi connectivity index (χ0v) is 8.90. The number of aromatic amines is 1. The minimum atomic E-state index is -1.57. The summed E-state index contributed by atoms with van der Waals surface area (Å²) in [6.07, 6.45) is -0.0746. The first-order valence-corrected chi connectivity index (χ1v) is 5.09. The number of aliphatic hydroxyl groups is 1. The van der Waals surface area contributed by atoms with Crippen LogP contribution in [0.15, 0.2) is 18.5 Å². The van der Waals surface area contributed by atoms with E-state index in [4.69, 9.17) is 16.7 Å². The number of aromatic nitrogens is 2. The second kappa shape index (κ2) is 4.11. The van der Waals surface area contributed by atoms with Gasteiger partial charge in [-0.15, -0.1) is 11.6 Å². The Morgan fingerprint density at radius 1 is 1.56 bits per heavy atom. The summed E-state index contributed by atoms with van der Waals surface area (Å²) in [5.74, 6) is -1.17. The molecule has 0 radical (unpaired) electrons. The number of benzene rings is 1. The number of nitrogens with zero attached hydrogens (tertiary/aromatic N) is 1. The van der Waals surface area contributed by atoms with Crippen LogP contribution < -0.4 is 0 Å². The number of rotatable bonds is 3. The summed E-state index contributed by atoms with van der Waals surface area (Å²) < 4.78 is 0. The van der Waals surface area contributed by atoms with Gasteiger partial charge in [0, 0.05) is 5.88 Å². The van der Waals surface area contributed by atoms with Gasteiger partial charge < -0.3 is 15.2 Å². The molecule has 84 valence electrons. The van der Waals surface area contributed by atoms with Gasteiger partial charge in [-0.25, -0.2) is 9.78 Å². The summed E-state index contributed by atoms with van der Waals surface area (Å²) >= 11 is 5.71. The van der Waals surface area contributed by atoms with Crippen LogP contribution >= 0.6 is 11.6 Å². The predicted molar refractivity (Wildman–Crippen MR) is 58.2 cm³/mol. The number of carbonyl (C=O) groups is 1. The fourth-order valence-electron chi connectivity index (χ4n) is 1.55. The molecule has 0 saturated carbocycles. The van der Waals surface area contributed by atoms with Crippen molar-refractivity contribution in [2.24, 2.45) is 0 Å². The van der Waals surface area contributed by atoms with Crippen molar-refractivity contribution in [2.75, 3.05) is 0 Å². The highest BCUT2D eigenvalue weighted by molar-refractivity contribution is 6.17. The quantitative estimate of drug-likeness (QED) is 0.708. The van der Waals surface area contributed by atoms with Crippen LogP contribution in [0, 0.1) is 0 Å². The maximum Gasteiger partial charge on any atom is 0.337 e. The van der Waals surface area contributed by atoms with E-state index in [1.807, 2.05) is 0 Å². The lowest BCUT2D eigenvalue weighted by Crippen LogP contribution is -2.12. The Balaban J connectivity index is 2.61. The number of nitrogens with one attached hydrogen (secondary N) is 1. The SMILES string of the molecule is O=C(O)C(O)c1cc2nc[nH]c2cc1CCl. The van der Waals surface area contributed by atoms with Gasteiger partial charge in [0.05, 0.1) is 17.4 Å². The molecule has 0 aliphatic heterocycles. The van der Waals surface area contributed by atoms with Crippen LogP contribution in [0.3, 0.4) is 0 Å².